The van der Waals surface area contributed by atoms with Gasteiger partial charge < -0.3 is 30.2 Å². The summed E-state index contributed by atoms with van der Waals surface area (Å²) in [5, 5.41) is 3.16. The van der Waals surface area contributed by atoms with E-state index >= 15 is 0 Å². The van der Waals surface area contributed by atoms with Crippen LogP contribution in [0.4, 0.5) is 10.5 Å². The summed E-state index contributed by atoms with van der Waals surface area (Å²) in [4.78, 5) is 26.5. The number of anilines is 1. The molecular formula is C19H26ClN3O5. The van der Waals surface area contributed by atoms with Crippen LogP contribution in [-0.4, -0.2) is 61.5 Å². The fourth-order valence-corrected chi connectivity index (χ4v) is 3.40. The van der Waals surface area contributed by atoms with Crippen molar-refractivity contribution in [1.82, 2.24) is 10.2 Å². The van der Waals surface area contributed by atoms with Gasteiger partial charge in [0.1, 0.15) is 11.4 Å². The Kier molecular flexibility index (Phi) is 5.90. The molecule has 9 heteroatoms. The Morgan fingerprint density at radius 3 is 2.86 bits per heavy atom. The van der Waals surface area contributed by atoms with Gasteiger partial charge in [0.2, 0.25) is 0 Å². The lowest BCUT2D eigenvalue weighted by atomic mass is 10.1. The van der Waals surface area contributed by atoms with E-state index in [9.17, 15) is 9.59 Å². The van der Waals surface area contributed by atoms with Gasteiger partial charge in [-0.15, -0.1) is 0 Å². The average molecular weight is 412 g/mol. The van der Waals surface area contributed by atoms with Crippen molar-refractivity contribution in [3.63, 3.8) is 0 Å². The quantitative estimate of drug-likeness (QED) is 0.739. The molecule has 2 aliphatic rings. The molecule has 0 saturated carbocycles. The van der Waals surface area contributed by atoms with E-state index in [4.69, 9.17) is 31.5 Å². The van der Waals surface area contributed by atoms with Crippen molar-refractivity contribution in [2.24, 2.45) is 0 Å². The third-order valence-corrected chi connectivity index (χ3v) is 4.81. The molecule has 0 aromatic heterocycles. The molecule has 2 heterocycles. The molecule has 154 valence electrons. The summed E-state index contributed by atoms with van der Waals surface area (Å²) in [6.07, 6.45) is -0.0920. The Morgan fingerprint density at radius 2 is 2.14 bits per heavy atom. The van der Waals surface area contributed by atoms with Crippen LogP contribution in [0.25, 0.3) is 0 Å². The molecular weight excluding hydrogens is 386 g/mol. The van der Waals surface area contributed by atoms with Crippen LogP contribution in [0.15, 0.2) is 6.07 Å². The Hall–Kier alpha value is -2.19. The summed E-state index contributed by atoms with van der Waals surface area (Å²) >= 11 is 6.15. The Bertz CT molecular complexity index is 778. The standard InChI is InChI=1S/C19H26ClN3O5/c1-19(2,3)28-18(25)23-5-7-26-11(10-23)9-22-17(24)13-8-14(20)15(21)12-4-6-27-16(12)13/h8,11H,4-7,9-10,21H2,1-3H3,(H,22,24). The smallest absolute Gasteiger partial charge is 0.410 e. The van der Waals surface area contributed by atoms with E-state index in [0.717, 1.165) is 5.56 Å². The molecule has 1 unspecified atom stereocenters. The second kappa shape index (κ2) is 8.05. The zero-order valence-electron chi connectivity index (χ0n) is 16.3. The number of hydrogen-bond donors (Lipinski definition) is 2. The normalized spacial score (nSPS) is 19.0. The van der Waals surface area contributed by atoms with Crippen molar-refractivity contribution in [2.75, 3.05) is 38.6 Å². The van der Waals surface area contributed by atoms with Crippen molar-refractivity contribution in [1.29, 1.82) is 0 Å². The molecule has 1 aromatic carbocycles. The third kappa shape index (κ3) is 4.62. The van der Waals surface area contributed by atoms with Crippen molar-refractivity contribution in [2.45, 2.75) is 38.9 Å². The first kappa shape index (κ1) is 20.5. The van der Waals surface area contributed by atoms with Gasteiger partial charge in [0.05, 0.1) is 42.1 Å². The predicted octanol–water partition coefficient (Wildman–Crippen LogP) is 2.22. The highest BCUT2D eigenvalue weighted by Gasteiger charge is 2.29. The summed E-state index contributed by atoms with van der Waals surface area (Å²) < 4.78 is 16.6. The van der Waals surface area contributed by atoms with E-state index in [0.29, 0.717) is 54.7 Å². The third-order valence-electron chi connectivity index (χ3n) is 4.50. The zero-order valence-corrected chi connectivity index (χ0v) is 17.1. The maximum atomic E-state index is 12.7. The Labute approximate surface area is 169 Å². The van der Waals surface area contributed by atoms with Crippen LogP contribution in [0, 0.1) is 0 Å². The minimum atomic E-state index is -0.562. The number of fused-ring (bicyclic) bond motifs is 1. The van der Waals surface area contributed by atoms with Crippen LogP contribution >= 0.6 is 11.6 Å². The molecule has 2 aliphatic heterocycles. The number of nitrogens with one attached hydrogen (secondary N) is 1. The number of carbonyl (C=O) groups excluding carboxylic acids is 2. The molecule has 3 rings (SSSR count). The van der Waals surface area contributed by atoms with Crippen molar-refractivity contribution >= 4 is 29.3 Å². The molecule has 1 fully saturated rings. The molecule has 3 N–H and O–H groups in total. The van der Waals surface area contributed by atoms with Crippen molar-refractivity contribution in [3.05, 3.63) is 22.2 Å². The van der Waals surface area contributed by atoms with Gasteiger partial charge >= 0.3 is 6.09 Å². The number of ether oxygens (including phenoxy) is 3. The number of benzene rings is 1. The van der Waals surface area contributed by atoms with Crippen LogP contribution in [0.2, 0.25) is 5.02 Å². The molecule has 2 amide bonds. The number of carbonyl (C=O) groups is 2. The highest BCUT2D eigenvalue weighted by Crippen LogP contribution is 2.38. The topological polar surface area (TPSA) is 103 Å². The van der Waals surface area contributed by atoms with Crippen LogP contribution in [-0.2, 0) is 15.9 Å². The number of hydrogen-bond acceptors (Lipinski definition) is 6. The number of nitrogens with zero attached hydrogens (tertiary/aromatic N) is 1. The van der Waals surface area contributed by atoms with Gasteiger partial charge in [0.15, 0.2) is 0 Å². The van der Waals surface area contributed by atoms with E-state index in [1.807, 2.05) is 20.8 Å². The molecule has 0 spiro atoms. The van der Waals surface area contributed by atoms with Crippen LogP contribution in [0.5, 0.6) is 5.75 Å². The lowest BCUT2D eigenvalue weighted by molar-refractivity contribution is -0.0404. The fraction of sp³-hybridized carbons (Fsp3) is 0.579. The first-order valence-corrected chi connectivity index (χ1v) is 9.65. The SMILES string of the molecule is CC(C)(C)OC(=O)N1CCOC(CNC(=O)c2cc(Cl)c(N)c3c2OCC3)C1. The molecule has 8 nitrogen and oxygen atoms in total. The van der Waals surface area contributed by atoms with E-state index in [-0.39, 0.29) is 24.6 Å². The molecule has 0 aliphatic carbocycles. The summed E-state index contributed by atoms with van der Waals surface area (Å²) in [6.45, 7) is 7.35. The number of nitrogens with two attached hydrogens (primary N) is 1. The van der Waals surface area contributed by atoms with Crippen LogP contribution < -0.4 is 15.8 Å². The minimum Gasteiger partial charge on any atom is -0.492 e. The van der Waals surface area contributed by atoms with Gasteiger partial charge in [-0.25, -0.2) is 4.79 Å². The Balaban J connectivity index is 1.60. The molecule has 1 atom stereocenters. The number of halogens is 1. The first-order valence-electron chi connectivity index (χ1n) is 9.27. The van der Waals surface area contributed by atoms with Crippen LogP contribution in [0.3, 0.4) is 0 Å². The van der Waals surface area contributed by atoms with Gasteiger partial charge in [-0.1, -0.05) is 11.6 Å². The number of morpholine rings is 1. The maximum Gasteiger partial charge on any atom is 0.410 e. The monoisotopic (exact) mass is 411 g/mol. The lowest BCUT2D eigenvalue weighted by Crippen LogP contribution is -2.50. The second-order valence-electron chi connectivity index (χ2n) is 7.85. The molecule has 0 bridgehead atoms. The second-order valence-corrected chi connectivity index (χ2v) is 8.26. The van der Waals surface area contributed by atoms with E-state index in [2.05, 4.69) is 5.32 Å². The van der Waals surface area contributed by atoms with E-state index < -0.39 is 5.60 Å². The van der Waals surface area contributed by atoms with Gasteiger partial charge in [-0.2, -0.15) is 0 Å². The highest BCUT2D eigenvalue weighted by atomic mass is 35.5. The zero-order chi connectivity index (χ0) is 20.5. The molecule has 0 radical (unpaired) electrons. The van der Waals surface area contributed by atoms with Gasteiger partial charge in [-0.3, -0.25) is 4.79 Å². The van der Waals surface area contributed by atoms with Gasteiger partial charge in [-0.05, 0) is 26.8 Å². The number of nitrogen functional groups attached to an aromatic ring is 1. The van der Waals surface area contributed by atoms with Gasteiger partial charge in [0.25, 0.3) is 5.91 Å². The average Bonchev–Trinajstić information content (AvgIpc) is 3.11. The summed E-state index contributed by atoms with van der Waals surface area (Å²) in [7, 11) is 0. The van der Waals surface area contributed by atoms with E-state index in [1.165, 1.54) is 6.07 Å². The highest BCUT2D eigenvalue weighted by molar-refractivity contribution is 6.33. The minimum absolute atomic E-state index is 0.245. The molecule has 1 aromatic rings. The first-order chi connectivity index (χ1) is 13.2. The summed E-state index contributed by atoms with van der Waals surface area (Å²) in [5.74, 6) is 0.164. The number of rotatable bonds is 3. The fourth-order valence-electron chi connectivity index (χ4n) is 3.17. The van der Waals surface area contributed by atoms with Crippen molar-refractivity contribution < 1.29 is 23.8 Å². The predicted molar refractivity (Wildman–Crippen MR) is 105 cm³/mol. The summed E-state index contributed by atoms with van der Waals surface area (Å²) in [6, 6.07) is 1.52. The van der Waals surface area contributed by atoms with Crippen molar-refractivity contribution in [3.8, 4) is 5.75 Å². The largest absolute Gasteiger partial charge is 0.492 e. The van der Waals surface area contributed by atoms with E-state index in [1.54, 1.807) is 4.90 Å². The number of amides is 2. The molecule has 1 saturated heterocycles. The Morgan fingerprint density at radius 1 is 1.39 bits per heavy atom. The van der Waals surface area contributed by atoms with Gasteiger partial charge in [0, 0.05) is 25.1 Å². The molecule has 28 heavy (non-hydrogen) atoms. The van der Waals surface area contributed by atoms with Crippen LogP contribution in [0.1, 0.15) is 36.7 Å². The lowest BCUT2D eigenvalue weighted by Gasteiger charge is -2.34. The summed E-state index contributed by atoms with van der Waals surface area (Å²) in [5.41, 5.74) is 6.98. The maximum absolute atomic E-state index is 12.7.